The predicted octanol–water partition coefficient (Wildman–Crippen LogP) is 3.61. The van der Waals surface area contributed by atoms with Crippen molar-refractivity contribution in [3.05, 3.63) is 56.7 Å². The van der Waals surface area contributed by atoms with Crippen molar-refractivity contribution in [1.29, 1.82) is 0 Å². The standard InChI is InChI=1S/C13H11Br2FN2O2S/c14-9-2-3-12(10(15)6-9)18-21(19,20)13-4-1-8(7-17)5-11(13)16/h1-6,18H,7,17H2. The van der Waals surface area contributed by atoms with Gasteiger partial charge in [0.25, 0.3) is 10.0 Å². The van der Waals surface area contributed by atoms with Crippen molar-refractivity contribution in [3.8, 4) is 0 Å². The molecule has 3 N–H and O–H groups in total. The van der Waals surface area contributed by atoms with Gasteiger partial charge in [-0.25, -0.2) is 12.8 Å². The molecule has 0 saturated heterocycles. The predicted molar refractivity (Wildman–Crippen MR) is 86.9 cm³/mol. The highest BCUT2D eigenvalue weighted by Gasteiger charge is 2.20. The first-order valence-corrected chi connectivity index (χ1v) is 8.87. The molecule has 0 aliphatic carbocycles. The second-order valence-corrected chi connectivity index (χ2v) is 7.62. The molecule has 0 spiro atoms. The van der Waals surface area contributed by atoms with E-state index in [0.717, 1.165) is 10.5 Å². The van der Waals surface area contributed by atoms with Gasteiger partial charge in [0.2, 0.25) is 0 Å². The largest absolute Gasteiger partial charge is 0.326 e. The molecule has 0 aromatic heterocycles. The van der Waals surface area contributed by atoms with Crippen LogP contribution in [0.4, 0.5) is 10.1 Å². The molecule has 0 heterocycles. The first-order valence-electron chi connectivity index (χ1n) is 5.80. The quantitative estimate of drug-likeness (QED) is 0.767. The third-order valence-electron chi connectivity index (χ3n) is 2.70. The van der Waals surface area contributed by atoms with Crippen molar-refractivity contribution in [1.82, 2.24) is 0 Å². The third-order valence-corrected chi connectivity index (χ3v) is 5.25. The molecular weight excluding hydrogens is 427 g/mol. The molecule has 0 bridgehead atoms. The molecule has 0 unspecified atom stereocenters. The number of rotatable bonds is 4. The second-order valence-electron chi connectivity index (χ2n) is 4.20. The van der Waals surface area contributed by atoms with Crippen LogP contribution in [0.5, 0.6) is 0 Å². The highest BCUT2D eigenvalue weighted by Crippen LogP contribution is 2.28. The maximum Gasteiger partial charge on any atom is 0.264 e. The summed E-state index contributed by atoms with van der Waals surface area (Å²) in [6.07, 6.45) is 0. The molecule has 2 rings (SSSR count). The van der Waals surface area contributed by atoms with Crippen LogP contribution < -0.4 is 10.5 Å². The summed E-state index contributed by atoms with van der Waals surface area (Å²) in [4.78, 5) is -0.422. The van der Waals surface area contributed by atoms with Crippen LogP contribution in [0.25, 0.3) is 0 Å². The zero-order valence-electron chi connectivity index (χ0n) is 10.6. The van der Waals surface area contributed by atoms with E-state index in [2.05, 4.69) is 36.6 Å². The van der Waals surface area contributed by atoms with Gasteiger partial charge in [-0.1, -0.05) is 22.0 Å². The first-order chi connectivity index (χ1) is 9.83. The molecule has 0 radical (unpaired) electrons. The summed E-state index contributed by atoms with van der Waals surface area (Å²) in [6, 6.07) is 8.73. The zero-order valence-corrected chi connectivity index (χ0v) is 14.6. The van der Waals surface area contributed by atoms with Gasteiger partial charge in [-0.2, -0.15) is 0 Å². The number of nitrogens with two attached hydrogens (primary N) is 1. The Hall–Kier alpha value is -0.960. The molecule has 0 atom stereocenters. The highest BCUT2D eigenvalue weighted by molar-refractivity contribution is 9.11. The van der Waals surface area contributed by atoms with Crippen LogP contribution in [-0.2, 0) is 16.6 Å². The molecule has 0 amide bonds. The van der Waals surface area contributed by atoms with Crippen LogP contribution in [0.3, 0.4) is 0 Å². The lowest BCUT2D eigenvalue weighted by molar-refractivity contribution is 0.569. The van der Waals surface area contributed by atoms with Crippen molar-refractivity contribution >= 4 is 47.6 Å². The minimum Gasteiger partial charge on any atom is -0.326 e. The van der Waals surface area contributed by atoms with Gasteiger partial charge in [0, 0.05) is 15.5 Å². The Balaban J connectivity index is 2.38. The van der Waals surface area contributed by atoms with Gasteiger partial charge < -0.3 is 5.73 Å². The third kappa shape index (κ3) is 3.82. The molecule has 0 fully saturated rings. The summed E-state index contributed by atoms with van der Waals surface area (Å²) in [5, 5.41) is 0. The van der Waals surface area contributed by atoms with E-state index in [1.165, 1.54) is 12.1 Å². The number of halogens is 3. The SMILES string of the molecule is NCc1ccc(S(=O)(=O)Nc2ccc(Br)cc2Br)c(F)c1. The molecule has 0 aliphatic rings. The minimum absolute atomic E-state index is 0.142. The van der Waals surface area contributed by atoms with E-state index in [0.29, 0.717) is 15.7 Å². The van der Waals surface area contributed by atoms with Crippen LogP contribution in [0.2, 0.25) is 0 Å². The average Bonchev–Trinajstić information content (AvgIpc) is 2.41. The Morgan fingerprint density at radius 2 is 1.86 bits per heavy atom. The van der Waals surface area contributed by atoms with Crippen molar-refractivity contribution in [2.24, 2.45) is 5.73 Å². The number of anilines is 1. The number of hydrogen-bond donors (Lipinski definition) is 2. The summed E-state index contributed by atoms with van der Waals surface area (Å²) < 4.78 is 42.1. The monoisotopic (exact) mass is 436 g/mol. The maximum atomic E-state index is 13.9. The van der Waals surface area contributed by atoms with Crippen LogP contribution in [0.15, 0.2) is 50.2 Å². The summed E-state index contributed by atoms with van der Waals surface area (Å²) in [5.74, 6) is -0.835. The summed E-state index contributed by atoms with van der Waals surface area (Å²) >= 11 is 6.52. The molecule has 2 aromatic rings. The fourth-order valence-electron chi connectivity index (χ4n) is 1.66. The van der Waals surface area contributed by atoms with E-state index >= 15 is 0 Å². The maximum absolute atomic E-state index is 13.9. The normalized spacial score (nSPS) is 11.4. The van der Waals surface area contributed by atoms with Crippen molar-refractivity contribution in [2.45, 2.75) is 11.4 Å². The highest BCUT2D eigenvalue weighted by atomic mass is 79.9. The van der Waals surface area contributed by atoms with Crippen LogP contribution in [0, 0.1) is 5.82 Å². The summed E-state index contributed by atoms with van der Waals surface area (Å²) in [7, 11) is -4.02. The smallest absolute Gasteiger partial charge is 0.264 e. The van der Waals surface area contributed by atoms with Crippen LogP contribution >= 0.6 is 31.9 Å². The Bertz CT molecular complexity index is 782. The number of sulfonamides is 1. The Morgan fingerprint density at radius 3 is 2.43 bits per heavy atom. The Kier molecular flexibility index (Phi) is 5.03. The summed E-state index contributed by atoms with van der Waals surface area (Å²) in [6.45, 7) is 0.142. The molecule has 4 nitrogen and oxygen atoms in total. The minimum atomic E-state index is -4.02. The topological polar surface area (TPSA) is 72.2 Å². The number of nitrogens with one attached hydrogen (secondary N) is 1. The van der Waals surface area contributed by atoms with Gasteiger partial charge in [-0.05, 0) is 51.8 Å². The first kappa shape index (κ1) is 16.4. The van der Waals surface area contributed by atoms with Crippen LogP contribution in [-0.4, -0.2) is 8.42 Å². The Labute approximate surface area is 138 Å². The van der Waals surface area contributed by atoms with E-state index in [4.69, 9.17) is 5.73 Å². The number of hydrogen-bond acceptors (Lipinski definition) is 3. The lowest BCUT2D eigenvalue weighted by atomic mass is 10.2. The molecule has 2 aromatic carbocycles. The zero-order chi connectivity index (χ0) is 15.6. The molecular formula is C13H11Br2FN2O2S. The van der Waals surface area contributed by atoms with E-state index in [9.17, 15) is 12.8 Å². The molecule has 21 heavy (non-hydrogen) atoms. The van der Waals surface area contributed by atoms with Gasteiger partial charge in [0.1, 0.15) is 10.7 Å². The van der Waals surface area contributed by atoms with Gasteiger partial charge in [-0.15, -0.1) is 0 Å². The second kappa shape index (κ2) is 6.43. The van der Waals surface area contributed by atoms with Gasteiger partial charge in [0.15, 0.2) is 0 Å². The number of benzene rings is 2. The Morgan fingerprint density at radius 1 is 1.14 bits per heavy atom. The van der Waals surface area contributed by atoms with Crippen molar-refractivity contribution < 1.29 is 12.8 Å². The lowest BCUT2D eigenvalue weighted by Gasteiger charge is -2.11. The fraction of sp³-hybridized carbons (Fsp3) is 0.0769. The van der Waals surface area contributed by atoms with Gasteiger partial charge in [-0.3, -0.25) is 4.72 Å². The molecule has 0 saturated carbocycles. The lowest BCUT2D eigenvalue weighted by Crippen LogP contribution is -2.15. The van der Waals surface area contributed by atoms with Crippen LogP contribution in [0.1, 0.15) is 5.56 Å². The summed E-state index contributed by atoms with van der Waals surface area (Å²) in [5.41, 5.74) is 6.24. The van der Waals surface area contributed by atoms with E-state index in [-0.39, 0.29) is 6.54 Å². The molecule has 0 aliphatic heterocycles. The van der Waals surface area contributed by atoms with Crippen molar-refractivity contribution in [3.63, 3.8) is 0 Å². The molecule has 112 valence electrons. The fourth-order valence-corrected chi connectivity index (χ4v) is 4.08. The van der Waals surface area contributed by atoms with Gasteiger partial charge >= 0.3 is 0 Å². The average molecular weight is 438 g/mol. The molecule has 8 heteroatoms. The van der Waals surface area contributed by atoms with E-state index in [1.807, 2.05) is 0 Å². The van der Waals surface area contributed by atoms with E-state index in [1.54, 1.807) is 18.2 Å². The van der Waals surface area contributed by atoms with Crippen molar-refractivity contribution in [2.75, 3.05) is 4.72 Å². The van der Waals surface area contributed by atoms with Gasteiger partial charge in [0.05, 0.1) is 5.69 Å². The van der Waals surface area contributed by atoms with E-state index < -0.39 is 20.7 Å².